The highest BCUT2D eigenvalue weighted by atomic mass is 35.5. The molecule has 0 aromatic carbocycles. The summed E-state index contributed by atoms with van der Waals surface area (Å²) in [6, 6.07) is 0. The van der Waals surface area contributed by atoms with E-state index in [-0.39, 0.29) is 0 Å². The summed E-state index contributed by atoms with van der Waals surface area (Å²) in [5.74, 6) is 1.64. The smallest absolute Gasteiger partial charge is 0.198 e. The summed E-state index contributed by atoms with van der Waals surface area (Å²) in [6.07, 6.45) is 17.2. The predicted molar refractivity (Wildman–Crippen MR) is 96.6 cm³/mol. The molecule has 2 aliphatic rings. The molecule has 0 aromatic heterocycles. The molecule has 23 heavy (non-hydrogen) atoms. The SMILES string of the molecule is O=[C]CCCCCC(Cl)(Cl)CCCCCOC1CC2[CH]CC1C2. The second kappa shape index (κ2) is 10.3. The van der Waals surface area contributed by atoms with Crippen molar-refractivity contribution in [1.29, 1.82) is 0 Å². The van der Waals surface area contributed by atoms with Gasteiger partial charge in [-0.3, -0.25) is 4.79 Å². The van der Waals surface area contributed by atoms with Crippen molar-refractivity contribution in [3.05, 3.63) is 6.42 Å². The maximum Gasteiger partial charge on any atom is 0.198 e. The number of fused-ring (bicyclic) bond motifs is 2. The first-order chi connectivity index (χ1) is 11.1. The molecule has 0 aliphatic heterocycles. The molecule has 0 saturated heterocycles. The van der Waals surface area contributed by atoms with Crippen LogP contribution in [-0.2, 0) is 9.53 Å². The maximum atomic E-state index is 10.1. The number of hydrogen-bond donors (Lipinski definition) is 0. The summed E-state index contributed by atoms with van der Waals surface area (Å²) in [4.78, 5) is 10.1. The lowest BCUT2D eigenvalue weighted by molar-refractivity contribution is 0.0198. The zero-order valence-electron chi connectivity index (χ0n) is 14.1. The minimum absolute atomic E-state index is 0.522. The van der Waals surface area contributed by atoms with Crippen LogP contribution in [0.25, 0.3) is 0 Å². The van der Waals surface area contributed by atoms with E-state index in [4.69, 9.17) is 27.9 Å². The van der Waals surface area contributed by atoms with Crippen LogP contribution in [0.5, 0.6) is 0 Å². The average Bonchev–Trinajstić information content (AvgIpc) is 3.13. The Labute approximate surface area is 151 Å². The van der Waals surface area contributed by atoms with E-state index in [1.165, 1.54) is 19.3 Å². The van der Waals surface area contributed by atoms with E-state index in [0.29, 0.717) is 12.5 Å². The third-order valence-electron chi connectivity index (χ3n) is 5.28. The molecular weight excluding hydrogens is 331 g/mol. The largest absolute Gasteiger partial charge is 0.378 e. The van der Waals surface area contributed by atoms with Gasteiger partial charge in [0.15, 0.2) is 6.29 Å². The molecule has 2 bridgehead atoms. The molecule has 4 heteroatoms. The van der Waals surface area contributed by atoms with E-state index in [0.717, 1.165) is 69.8 Å². The Bertz CT molecular complexity index is 346. The van der Waals surface area contributed by atoms with E-state index in [9.17, 15) is 4.79 Å². The summed E-state index contributed by atoms with van der Waals surface area (Å²) in [7, 11) is 0. The first kappa shape index (κ1) is 19.5. The van der Waals surface area contributed by atoms with Gasteiger partial charge in [-0.15, -0.1) is 23.2 Å². The van der Waals surface area contributed by atoms with Gasteiger partial charge in [-0.05, 0) is 63.2 Å². The molecule has 3 atom stereocenters. The van der Waals surface area contributed by atoms with Crippen molar-refractivity contribution in [2.45, 2.75) is 87.5 Å². The van der Waals surface area contributed by atoms with Gasteiger partial charge in [-0.1, -0.05) is 25.7 Å². The van der Waals surface area contributed by atoms with Gasteiger partial charge in [0, 0.05) is 13.0 Å². The fourth-order valence-electron chi connectivity index (χ4n) is 3.92. The maximum absolute atomic E-state index is 10.1. The second-order valence-corrected chi connectivity index (χ2v) is 8.88. The van der Waals surface area contributed by atoms with Gasteiger partial charge >= 0.3 is 0 Å². The zero-order valence-corrected chi connectivity index (χ0v) is 15.6. The summed E-state index contributed by atoms with van der Waals surface area (Å²) < 4.78 is 5.45. The Morgan fingerprint density at radius 1 is 1.04 bits per heavy atom. The quantitative estimate of drug-likeness (QED) is 0.306. The molecule has 0 amide bonds. The van der Waals surface area contributed by atoms with Crippen LogP contribution >= 0.6 is 23.2 Å². The van der Waals surface area contributed by atoms with Crippen LogP contribution in [-0.4, -0.2) is 23.3 Å². The van der Waals surface area contributed by atoms with Crippen LogP contribution in [0.4, 0.5) is 0 Å². The highest BCUT2D eigenvalue weighted by Gasteiger charge is 2.40. The minimum atomic E-state index is -0.605. The lowest BCUT2D eigenvalue weighted by Gasteiger charge is -2.22. The van der Waals surface area contributed by atoms with Gasteiger partial charge in [0.05, 0.1) is 6.10 Å². The van der Waals surface area contributed by atoms with Crippen LogP contribution in [0.3, 0.4) is 0 Å². The molecule has 2 fully saturated rings. The number of rotatable bonds is 13. The number of halogens is 2. The fourth-order valence-corrected chi connectivity index (χ4v) is 4.45. The van der Waals surface area contributed by atoms with Crippen molar-refractivity contribution in [3.8, 4) is 0 Å². The molecule has 3 unspecified atom stereocenters. The van der Waals surface area contributed by atoms with Crippen molar-refractivity contribution >= 4 is 29.5 Å². The lowest BCUT2D eigenvalue weighted by atomic mass is 9.98. The molecule has 2 aliphatic carbocycles. The summed E-state index contributed by atoms with van der Waals surface area (Å²) >= 11 is 12.7. The van der Waals surface area contributed by atoms with Gasteiger partial charge in [0.25, 0.3) is 0 Å². The summed E-state index contributed by atoms with van der Waals surface area (Å²) in [5.41, 5.74) is 0. The van der Waals surface area contributed by atoms with Crippen LogP contribution < -0.4 is 0 Å². The molecule has 2 radical (unpaired) electrons. The number of hydrogen-bond acceptors (Lipinski definition) is 2. The van der Waals surface area contributed by atoms with Gasteiger partial charge in [0.2, 0.25) is 0 Å². The molecule has 0 heterocycles. The van der Waals surface area contributed by atoms with E-state index >= 15 is 0 Å². The fraction of sp³-hybridized carbons (Fsp3) is 0.895. The van der Waals surface area contributed by atoms with E-state index in [2.05, 4.69) is 6.42 Å². The molecule has 0 N–H and O–H groups in total. The topological polar surface area (TPSA) is 26.3 Å². The third-order valence-corrected chi connectivity index (χ3v) is 6.03. The van der Waals surface area contributed by atoms with Gasteiger partial charge in [-0.2, -0.15) is 0 Å². The van der Waals surface area contributed by atoms with Gasteiger partial charge in [-0.25, -0.2) is 0 Å². The molecule has 2 nitrogen and oxygen atoms in total. The van der Waals surface area contributed by atoms with Crippen LogP contribution in [0.1, 0.15) is 77.0 Å². The molecule has 132 valence electrons. The standard InChI is InChI=1S/C19H30Cl2O2/c20-19(21,10-4-1-2-6-12-22)11-5-3-7-13-23-18-15-16-8-9-17(18)14-16/h8,16-18H,1-7,9-11,13-15H2. The summed E-state index contributed by atoms with van der Waals surface area (Å²) in [6.45, 7) is 0.883. The highest BCUT2D eigenvalue weighted by Crippen LogP contribution is 2.45. The number of ether oxygens (including phenoxy) is 1. The summed E-state index contributed by atoms with van der Waals surface area (Å²) in [5, 5.41) is 0. The van der Waals surface area contributed by atoms with Crippen molar-refractivity contribution in [1.82, 2.24) is 0 Å². The van der Waals surface area contributed by atoms with E-state index in [1.807, 2.05) is 6.29 Å². The predicted octanol–water partition coefficient (Wildman–Crippen LogP) is 5.80. The molecule has 0 spiro atoms. The number of alkyl halides is 2. The lowest BCUT2D eigenvalue weighted by Crippen LogP contribution is -2.21. The molecule has 2 rings (SSSR count). The second-order valence-electron chi connectivity index (χ2n) is 7.24. The molecule has 2 saturated carbocycles. The van der Waals surface area contributed by atoms with E-state index in [1.54, 1.807) is 0 Å². The van der Waals surface area contributed by atoms with Crippen molar-refractivity contribution in [2.75, 3.05) is 6.61 Å². The van der Waals surface area contributed by atoms with Gasteiger partial charge in [0.1, 0.15) is 4.33 Å². The number of carbonyl (C=O) groups excluding carboxylic acids is 1. The molecule has 0 aromatic rings. The Kier molecular flexibility index (Phi) is 8.71. The Morgan fingerprint density at radius 2 is 1.78 bits per heavy atom. The normalized spacial score (nSPS) is 26.8. The van der Waals surface area contributed by atoms with Crippen molar-refractivity contribution < 1.29 is 9.53 Å². The van der Waals surface area contributed by atoms with Crippen LogP contribution in [0.15, 0.2) is 0 Å². The van der Waals surface area contributed by atoms with Crippen LogP contribution in [0, 0.1) is 18.3 Å². The van der Waals surface area contributed by atoms with Crippen molar-refractivity contribution in [2.24, 2.45) is 11.8 Å². The van der Waals surface area contributed by atoms with Crippen LogP contribution in [0.2, 0.25) is 0 Å². The Hall–Kier alpha value is 0.210. The minimum Gasteiger partial charge on any atom is -0.378 e. The number of unbranched alkanes of at least 4 members (excludes halogenated alkanes) is 5. The van der Waals surface area contributed by atoms with Gasteiger partial charge < -0.3 is 4.74 Å². The Balaban J connectivity index is 1.42. The first-order valence-corrected chi connectivity index (χ1v) is 10.0. The van der Waals surface area contributed by atoms with Crippen molar-refractivity contribution in [3.63, 3.8) is 0 Å². The average molecular weight is 361 g/mol. The Morgan fingerprint density at radius 3 is 2.39 bits per heavy atom. The highest BCUT2D eigenvalue weighted by molar-refractivity contribution is 6.48. The third kappa shape index (κ3) is 7.32. The first-order valence-electron chi connectivity index (χ1n) is 9.28. The van der Waals surface area contributed by atoms with E-state index < -0.39 is 4.33 Å². The molecular formula is C19H30Cl2O2. The monoisotopic (exact) mass is 360 g/mol. The zero-order chi connectivity index (χ0) is 16.5.